The van der Waals surface area contributed by atoms with Crippen molar-refractivity contribution in [3.63, 3.8) is 0 Å². The average Bonchev–Trinajstić information content (AvgIpc) is 3.23. The lowest BCUT2D eigenvalue weighted by atomic mass is 10.1. The van der Waals surface area contributed by atoms with Crippen LogP contribution < -0.4 is 10.2 Å². The Bertz CT molecular complexity index is 427. The molecular weight excluding hydrogens is 248 g/mol. The van der Waals surface area contributed by atoms with Crippen LogP contribution in [0.1, 0.15) is 37.8 Å². The van der Waals surface area contributed by atoms with Crippen molar-refractivity contribution >= 4 is 5.69 Å². The third kappa shape index (κ3) is 4.22. The van der Waals surface area contributed by atoms with E-state index in [1.807, 2.05) is 0 Å². The van der Waals surface area contributed by atoms with Crippen molar-refractivity contribution in [2.24, 2.45) is 0 Å². The van der Waals surface area contributed by atoms with E-state index in [1.54, 1.807) is 7.11 Å². The van der Waals surface area contributed by atoms with Crippen molar-refractivity contribution < 1.29 is 4.74 Å². The van der Waals surface area contributed by atoms with E-state index in [0.29, 0.717) is 12.1 Å². The fourth-order valence-corrected chi connectivity index (χ4v) is 2.53. The van der Waals surface area contributed by atoms with Gasteiger partial charge in [-0.3, -0.25) is 0 Å². The Morgan fingerprint density at radius 1 is 1.35 bits per heavy atom. The topological polar surface area (TPSA) is 24.5 Å². The molecule has 0 aliphatic heterocycles. The minimum absolute atomic E-state index is 0.511. The third-order valence-corrected chi connectivity index (χ3v) is 3.77. The Morgan fingerprint density at radius 2 is 2.10 bits per heavy atom. The first-order valence-corrected chi connectivity index (χ1v) is 7.70. The molecule has 2 rings (SSSR count). The molecule has 1 N–H and O–H groups in total. The van der Waals surface area contributed by atoms with Crippen LogP contribution in [0.3, 0.4) is 0 Å². The summed E-state index contributed by atoms with van der Waals surface area (Å²) in [7, 11) is 1.78. The summed E-state index contributed by atoms with van der Waals surface area (Å²) in [5.74, 6) is 0. The lowest BCUT2D eigenvalue weighted by Crippen LogP contribution is -2.31. The van der Waals surface area contributed by atoms with E-state index in [2.05, 4.69) is 49.2 Å². The molecule has 3 heteroatoms. The number of aryl methyl sites for hydroxylation is 1. The molecule has 0 spiro atoms. The second-order valence-electron chi connectivity index (χ2n) is 6.09. The minimum Gasteiger partial charge on any atom is -0.383 e. The fraction of sp³-hybridized carbons (Fsp3) is 0.647. The number of methoxy groups -OCH3 is 1. The molecule has 1 aliphatic rings. The van der Waals surface area contributed by atoms with Gasteiger partial charge in [-0.25, -0.2) is 0 Å². The van der Waals surface area contributed by atoms with Gasteiger partial charge in [-0.1, -0.05) is 31.5 Å². The normalized spacial score (nSPS) is 14.8. The standard InChI is InChI=1S/C17H28N2O/c1-13(2)18-12-15-11-14(3)5-8-17(15)19(9-10-20-4)16-6-7-16/h5,8,11,13,16,18H,6-7,9-10,12H2,1-4H3. The predicted octanol–water partition coefficient (Wildman–Crippen LogP) is 3.11. The highest BCUT2D eigenvalue weighted by Gasteiger charge is 2.30. The van der Waals surface area contributed by atoms with Crippen LogP contribution in [0.4, 0.5) is 5.69 Å². The summed E-state index contributed by atoms with van der Waals surface area (Å²) in [6, 6.07) is 8.03. The molecule has 0 amide bonds. The zero-order valence-electron chi connectivity index (χ0n) is 13.3. The molecule has 1 aromatic carbocycles. The zero-order valence-corrected chi connectivity index (χ0v) is 13.3. The highest BCUT2D eigenvalue weighted by atomic mass is 16.5. The summed E-state index contributed by atoms with van der Waals surface area (Å²) >= 11 is 0. The van der Waals surface area contributed by atoms with E-state index in [0.717, 1.165) is 19.7 Å². The van der Waals surface area contributed by atoms with Gasteiger partial charge in [0.05, 0.1) is 6.61 Å². The molecule has 20 heavy (non-hydrogen) atoms. The van der Waals surface area contributed by atoms with Crippen LogP contribution in [0.5, 0.6) is 0 Å². The number of hydrogen-bond acceptors (Lipinski definition) is 3. The van der Waals surface area contributed by atoms with Gasteiger partial charge in [0, 0.05) is 38.0 Å². The SMILES string of the molecule is COCCN(c1ccc(C)cc1CNC(C)C)C1CC1. The van der Waals surface area contributed by atoms with Crippen molar-refractivity contribution in [3.8, 4) is 0 Å². The largest absolute Gasteiger partial charge is 0.383 e. The van der Waals surface area contributed by atoms with Crippen LogP contribution >= 0.6 is 0 Å². The summed E-state index contributed by atoms with van der Waals surface area (Å²) in [6.45, 7) is 9.27. The van der Waals surface area contributed by atoms with Gasteiger partial charge in [-0.05, 0) is 31.4 Å². The molecule has 0 radical (unpaired) electrons. The maximum absolute atomic E-state index is 5.28. The van der Waals surface area contributed by atoms with Crippen molar-refractivity contribution in [1.29, 1.82) is 0 Å². The third-order valence-electron chi connectivity index (χ3n) is 3.77. The van der Waals surface area contributed by atoms with E-state index in [4.69, 9.17) is 4.74 Å². The van der Waals surface area contributed by atoms with Crippen LogP contribution in [0, 0.1) is 6.92 Å². The number of ether oxygens (including phenoxy) is 1. The molecule has 0 bridgehead atoms. The molecule has 112 valence electrons. The van der Waals surface area contributed by atoms with E-state index < -0.39 is 0 Å². The molecular formula is C17H28N2O. The molecule has 0 saturated heterocycles. The molecule has 1 saturated carbocycles. The van der Waals surface area contributed by atoms with E-state index >= 15 is 0 Å². The predicted molar refractivity (Wildman–Crippen MR) is 85.4 cm³/mol. The lowest BCUT2D eigenvalue weighted by molar-refractivity contribution is 0.205. The maximum atomic E-state index is 5.28. The number of benzene rings is 1. The van der Waals surface area contributed by atoms with Crippen molar-refractivity contribution in [3.05, 3.63) is 29.3 Å². The highest BCUT2D eigenvalue weighted by Crippen LogP contribution is 2.33. The summed E-state index contributed by atoms with van der Waals surface area (Å²) in [5, 5.41) is 3.54. The molecule has 0 aromatic heterocycles. The molecule has 1 fully saturated rings. The van der Waals surface area contributed by atoms with Crippen molar-refractivity contribution in [2.45, 2.75) is 52.2 Å². The van der Waals surface area contributed by atoms with E-state index in [9.17, 15) is 0 Å². The van der Waals surface area contributed by atoms with Crippen LogP contribution in [-0.2, 0) is 11.3 Å². The Morgan fingerprint density at radius 3 is 2.70 bits per heavy atom. The van der Waals surface area contributed by atoms with Gasteiger partial charge in [0.15, 0.2) is 0 Å². The quantitative estimate of drug-likeness (QED) is 0.789. The Balaban J connectivity index is 2.18. The Kier molecular flexibility index (Phi) is 5.44. The van der Waals surface area contributed by atoms with Gasteiger partial charge >= 0.3 is 0 Å². The van der Waals surface area contributed by atoms with E-state index in [1.165, 1.54) is 29.7 Å². The number of nitrogens with zero attached hydrogens (tertiary/aromatic N) is 1. The van der Waals surface area contributed by atoms with Crippen LogP contribution in [0.25, 0.3) is 0 Å². The first kappa shape index (κ1) is 15.3. The van der Waals surface area contributed by atoms with Gasteiger partial charge in [-0.15, -0.1) is 0 Å². The van der Waals surface area contributed by atoms with Gasteiger partial charge in [0.2, 0.25) is 0 Å². The molecule has 1 aromatic rings. The van der Waals surface area contributed by atoms with Crippen LogP contribution in [0.15, 0.2) is 18.2 Å². The monoisotopic (exact) mass is 276 g/mol. The maximum Gasteiger partial charge on any atom is 0.0637 e. The fourth-order valence-electron chi connectivity index (χ4n) is 2.53. The summed E-state index contributed by atoms with van der Waals surface area (Å²) in [4.78, 5) is 2.53. The molecule has 0 atom stereocenters. The minimum atomic E-state index is 0.511. The molecule has 3 nitrogen and oxygen atoms in total. The molecule has 1 aliphatic carbocycles. The van der Waals surface area contributed by atoms with Crippen LogP contribution in [-0.4, -0.2) is 32.3 Å². The van der Waals surface area contributed by atoms with Gasteiger partial charge < -0.3 is 15.0 Å². The highest BCUT2D eigenvalue weighted by molar-refractivity contribution is 5.56. The number of rotatable bonds is 8. The van der Waals surface area contributed by atoms with Crippen LogP contribution in [0.2, 0.25) is 0 Å². The summed E-state index contributed by atoms with van der Waals surface area (Å²) < 4.78 is 5.28. The first-order chi connectivity index (χ1) is 9.61. The summed E-state index contributed by atoms with van der Waals surface area (Å²) in [5.41, 5.74) is 4.11. The lowest BCUT2D eigenvalue weighted by Gasteiger charge is -2.27. The average molecular weight is 276 g/mol. The van der Waals surface area contributed by atoms with Gasteiger partial charge in [0.25, 0.3) is 0 Å². The second-order valence-corrected chi connectivity index (χ2v) is 6.09. The number of nitrogens with one attached hydrogen (secondary N) is 1. The number of anilines is 1. The Labute approximate surface area is 123 Å². The van der Waals surface area contributed by atoms with Crippen molar-refractivity contribution in [2.75, 3.05) is 25.2 Å². The summed E-state index contributed by atoms with van der Waals surface area (Å²) in [6.07, 6.45) is 2.63. The van der Waals surface area contributed by atoms with Crippen molar-refractivity contribution in [1.82, 2.24) is 5.32 Å². The first-order valence-electron chi connectivity index (χ1n) is 7.70. The van der Waals surface area contributed by atoms with Gasteiger partial charge in [0.1, 0.15) is 0 Å². The molecule has 0 heterocycles. The zero-order chi connectivity index (χ0) is 14.5. The van der Waals surface area contributed by atoms with E-state index in [-0.39, 0.29) is 0 Å². The number of hydrogen-bond donors (Lipinski definition) is 1. The molecule has 0 unspecified atom stereocenters. The van der Waals surface area contributed by atoms with Gasteiger partial charge in [-0.2, -0.15) is 0 Å². The Hall–Kier alpha value is -1.06. The smallest absolute Gasteiger partial charge is 0.0637 e. The second kappa shape index (κ2) is 7.09.